The summed E-state index contributed by atoms with van der Waals surface area (Å²) in [6.45, 7) is 3.47. The molecule has 1 aromatic heterocycles. The van der Waals surface area contributed by atoms with Crippen LogP contribution >= 0.6 is 23.1 Å². The lowest BCUT2D eigenvalue weighted by atomic mass is 10.2. The second-order valence-electron chi connectivity index (χ2n) is 4.23. The summed E-state index contributed by atoms with van der Waals surface area (Å²) in [5.74, 6) is 1.06. The van der Waals surface area contributed by atoms with Crippen LogP contribution in [-0.4, -0.2) is 46.5 Å². The van der Waals surface area contributed by atoms with Crippen molar-refractivity contribution in [3.05, 3.63) is 27.5 Å². The number of thiophene rings is 1. The number of rotatable bonds is 3. The van der Waals surface area contributed by atoms with E-state index in [1.54, 1.807) is 6.08 Å². The average molecular weight is 297 g/mol. The maximum atomic E-state index is 12.3. The Balaban J connectivity index is 2.14. The molecule has 1 saturated heterocycles. The van der Waals surface area contributed by atoms with E-state index in [2.05, 4.69) is 0 Å². The Morgan fingerprint density at radius 1 is 1.37 bits per heavy atom. The summed E-state index contributed by atoms with van der Waals surface area (Å²) in [4.78, 5) is 26.2. The quantitative estimate of drug-likeness (QED) is 0.870. The van der Waals surface area contributed by atoms with Crippen molar-refractivity contribution >= 4 is 41.1 Å². The molecule has 4 nitrogen and oxygen atoms in total. The molecule has 1 amide bonds. The van der Waals surface area contributed by atoms with Gasteiger partial charge in [-0.05, 0) is 24.6 Å². The molecule has 6 heteroatoms. The number of carboxylic acid groups (broad SMARTS) is 1. The fraction of sp³-hybridized carbons (Fsp3) is 0.385. The van der Waals surface area contributed by atoms with Gasteiger partial charge in [0, 0.05) is 35.5 Å². The molecule has 19 heavy (non-hydrogen) atoms. The summed E-state index contributed by atoms with van der Waals surface area (Å²) < 4.78 is 0. The maximum absolute atomic E-state index is 12.3. The third kappa shape index (κ3) is 3.61. The first-order valence-corrected chi connectivity index (χ1v) is 7.93. The van der Waals surface area contributed by atoms with E-state index in [1.165, 1.54) is 11.3 Å². The van der Waals surface area contributed by atoms with E-state index in [9.17, 15) is 9.59 Å². The highest BCUT2D eigenvalue weighted by atomic mass is 32.2. The topological polar surface area (TPSA) is 57.6 Å². The number of hydrogen-bond donors (Lipinski definition) is 1. The molecule has 0 aliphatic carbocycles. The highest BCUT2D eigenvalue weighted by molar-refractivity contribution is 7.99. The van der Waals surface area contributed by atoms with Crippen LogP contribution in [0, 0.1) is 6.92 Å². The number of nitrogens with zero attached hydrogens (tertiary/aromatic N) is 1. The van der Waals surface area contributed by atoms with Crippen molar-refractivity contribution in [1.82, 2.24) is 4.90 Å². The van der Waals surface area contributed by atoms with Gasteiger partial charge in [0.05, 0.1) is 4.88 Å². The molecule has 0 bridgehead atoms. The lowest BCUT2D eigenvalue weighted by molar-refractivity contribution is -0.131. The summed E-state index contributed by atoms with van der Waals surface area (Å²) >= 11 is 3.22. The smallest absolute Gasteiger partial charge is 0.328 e. The van der Waals surface area contributed by atoms with Gasteiger partial charge in [-0.25, -0.2) is 4.79 Å². The zero-order valence-electron chi connectivity index (χ0n) is 10.6. The Bertz CT molecular complexity index is 516. The normalized spacial score (nSPS) is 15.9. The lowest BCUT2D eigenvalue weighted by Gasteiger charge is -2.25. The molecule has 0 aromatic carbocycles. The number of hydrogen-bond acceptors (Lipinski definition) is 4. The zero-order valence-corrected chi connectivity index (χ0v) is 12.2. The first-order chi connectivity index (χ1) is 9.08. The monoisotopic (exact) mass is 297 g/mol. The standard InChI is InChI=1S/C13H15NO3S2/c1-9-8-11(19-10(9)2-3-12(15)16)13(17)14-4-6-18-7-5-14/h2-3,8H,4-7H2,1H3,(H,15,16). The van der Waals surface area contributed by atoms with Gasteiger partial charge in [-0.2, -0.15) is 11.8 Å². The fourth-order valence-corrected chi connectivity index (χ4v) is 3.78. The van der Waals surface area contributed by atoms with Crippen LogP contribution in [0.2, 0.25) is 0 Å². The highest BCUT2D eigenvalue weighted by Gasteiger charge is 2.20. The molecule has 0 saturated carbocycles. The van der Waals surface area contributed by atoms with Crippen molar-refractivity contribution in [2.45, 2.75) is 6.92 Å². The van der Waals surface area contributed by atoms with Gasteiger partial charge in [0.2, 0.25) is 0 Å². The number of aryl methyl sites for hydroxylation is 1. The largest absolute Gasteiger partial charge is 0.478 e. The molecule has 1 N–H and O–H groups in total. The number of thioether (sulfide) groups is 1. The zero-order chi connectivity index (χ0) is 13.8. The third-order valence-corrected chi connectivity index (χ3v) is 4.98. The van der Waals surface area contributed by atoms with Gasteiger partial charge < -0.3 is 10.0 Å². The number of carboxylic acids is 1. The number of amides is 1. The molecule has 0 radical (unpaired) electrons. The molecular weight excluding hydrogens is 282 g/mol. The molecule has 1 aliphatic heterocycles. The molecular formula is C13H15NO3S2. The molecule has 1 fully saturated rings. The Hall–Kier alpha value is -1.27. The van der Waals surface area contributed by atoms with Crippen molar-refractivity contribution in [2.75, 3.05) is 24.6 Å². The third-order valence-electron chi connectivity index (χ3n) is 2.84. The maximum Gasteiger partial charge on any atom is 0.328 e. The van der Waals surface area contributed by atoms with Crippen molar-refractivity contribution in [2.24, 2.45) is 0 Å². The molecule has 1 aromatic rings. The fourth-order valence-electron chi connectivity index (χ4n) is 1.84. The van der Waals surface area contributed by atoms with Crippen LogP contribution in [0.4, 0.5) is 0 Å². The van der Waals surface area contributed by atoms with E-state index in [0.29, 0.717) is 4.88 Å². The predicted octanol–water partition coefficient (Wildman–Crippen LogP) is 2.34. The first-order valence-electron chi connectivity index (χ1n) is 5.96. The molecule has 0 unspecified atom stereocenters. The van der Waals surface area contributed by atoms with Gasteiger partial charge in [-0.3, -0.25) is 4.79 Å². The van der Waals surface area contributed by atoms with Crippen LogP contribution in [0.1, 0.15) is 20.1 Å². The van der Waals surface area contributed by atoms with Crippen molar-refractivity contribution < 1.29 is 14.7 Å². The van der Waals surface area contributed by atoms with E-state index in [0.717, 1.165) is 41.1 Å². The summed E-state index contributed by atoms with van der Waals surface area (Å²) in [5, 5.41) is 8.63. The molecule has 2 rings (SSSR count). The second kappa shape index (κ2) is 6.25. The van der Waals surface area contributed by atoms with Gasteiger partial charge in [-0.15, -0.1) is 11.3 Å². The van der Waals surface area contributed by atoms with Crippen molar-refractivity contribution in [3.63, 3.8) is 0 Å². The summed E-state index contributed by atoms with van der Waals surface area (Å²) in [6, 6.07) is 1.84. The van der Waals surface area contributed by atoms with Gasteiger partial charge in [0.15, 0.2) is 0 Å². The van der Waals surface area contributed by atoms with Gasteiger partial charge in [0.25, 0.3) is 5.91 Å². The van der Waals surface area contributed by atoms with Crippen LogP contribution in [0.5, 0.6) is 0 Å². The SMILES string of the molecule is Cc1cc(C(=O)N2CCSCC2)sc1C=CC(=O)O. The highest BCUT2D eigenvalue weighted by Crippen LogP contribution is 2.25. The second-order valence-corrected chi connectivity index (χ2v) is 6.54. The number of carbonyl (C=O) groups excluding carboxylic acids is 1. The Morgan fingerprint density at radius 3 is 2.68 bits per heavy atom. The minimum absolute atomic E-state index is 0.0587. The molecule has 2 heterocycles. The Kier molecular flexibility index (Phi) is 4.66. The van der Waals surface area contributed by atoms with Crippen molar-refractivity contribution in [3.8, 4) is 0 Å². The lowest BCUT2D eigenvalue weighted by Crippen LogP contribution is -2.37. The number of aliphatic carboxylic acids is 1. The first kappa shape index (κ1) is 14.1. The minimum Gasteiger partial charge on any atom is -0.478 e. The van der Waals surface area contributed by atoms with E-state index < -0.39 is 5.97 Å². The van der Waals surface area contributed by atoms with Crippen LogP contribution in [-0.2, 0) is 4.79 Å². The van der Waals surface area contributed by atoms with E-state index in [4.69, 9.17) is 5.11 Å². The van der Waals surface area contributed by atoms with Crippen LogP contribution < -0.4 is 0 Å². The molecule has 0 atom stereocenters. The van der Waals surface area contributed by atoms with E-state index in [1.807, 2.05) is 29.7 Å². The average Bonchev–Trinajstić information content (AvgIpc) is 2.78. The molecule has 0 spiro atoms. The predicted molar refractivity (Wildman–Crippen MR) is 79.0 cm³/mol. The Morgan fingerprint density at radius 2 is 2.05 bits per heavy atom. The van der Waals surface area contributed by atoms with E-state index in [-0.39, 0.29) is 5.91 Å². The van der Waals surface area contributed by atoms with Crippen LogP contribution in [0.15, 0.2) is 12.1 Å². The minimum atomic E-state index is -0.978. The van der Waals surface area contributed by atoms with Gasteiger partial charge in [0.1, 0.15) is 0 Å². The van der Waals surface area contributed by atoms with Crippen LogP contribution in [0.25, 0.3) is 6.08 Å². The number of carbonyl (C=O) groups is 2. The van der Waals surface area contributed by atoms with E-state index >= 15 is 0 Å². The molecule has 102 valence electrons. The summed E-state index contributed by atoms with van der Waals surface area (Å²) in [5.41, 5.74) is 0.942. The summed E-state index contributed by atoms with van der Waals surface area (Å²) in [6.07, 6.45) is 2.65. The molecule has 1 aliphatic rings. The summed E-state index contributed by atoms with van der Waals surface area (Å²) in [7, 11) is 0. The Labute approximate surface area is 120 Å². The van der Waals surface area contributed by atoms with Crippen molar-refractivity contribution in [1.29, 1.82) is 0 Å². The van der Waals surface area contributed by atoms with Gasteiger partial charge >= 0.3 is 5.97 Å². The van der Waals surface area contributed by atoms with Crippen LogP contribution in [0.3, 0.4) is 0 Å². The van der Waals surface area contributed by atoms with Gasteiger partial charge in [-0.1, -0.05) is 0 Å².